The van der Waals surface area contributed by atoms with Gasteiger partial charge in [0.1, 0.15) is 0 Å². The molecule has 1 rings (SSSR count). The lowest BCUT2D eigenvalue weighted by molar-refractivity contribution is -0.137. The van der Waals surface area contributed by atoms with Crippen LogP contribution in [0.1, 0.15) is 52.9 Å². The van der Waals surface area contributed by atoms with Crippen molar-refractivity contribution < 1.29 is 9.90 Å². The molecule has 0 aromatic heterocycles. The molecule has 3 nitrogen and oxygen atoms in total. The van der Waals surface area contributed by atoms with Crippen LogP contribution in [0.2, 0.25) is 0 Å². The second-order valence-electron chi connectivity index (χ2n) is 5.46. The Morgan fingerprint density at radius 3 is 2.50 bits per heavy atom. The Bertz CT molecular complexity index is 228. The molecule has 16 heavy (non-hydrogen) atoms. The van der Waals surface area contributed by atoms with Crippen LogP contribution in [0, 0.1) is 11.8 Å². The molecule has 1 saturated carbocycles. The van der Waals surface area contributed by atoms with Crippen molar-refractivity contribution in [3.05, 3.63) is 0 Å². The summed E-state index contributed by atoms with van der Waals surface area (Å²) in [6.07, 6.45) is 5.32. The second kappa shape index (κ2) is 6.24. The van der Waals surface area contributed by atoms with Crippen molar-refractivity contribution in [1.29, 1.82) is 0 Å². The first-order valence-corrected chi connectivity index (χ1v) is 6.48. The number of hydrogen-bond donors (Lipinski definition) is 2. The highest BCUT2D eigenvalue weighted by Gasteiger charge is 2.28. The summed E-state index contributed by atoms with van der Waals surface area (Å²) in [5.74, 6) is 0.691. The number of carbonyl (C=O) groups is 1. The Morgan fingerprint density at radius 2 is 1.94 bits per heavy atom. The Kier molecular flexibility index (Phi) is 5.26. The molecule has 0 aromatic carbocycles. The highest BCUT2D eigenvalue weighted by atomic mass is 16.4. The topological polar surface area (TPSA) is 49.3 Å². The zero-order valence-corrected chi connectivity index (χ0v) is 10.7. The maximum absolute atomic E-state index is 10.6. The molecule has 0 spiro atoms. The van der Waals surface area contributed by atoms with Crippen molar-refractivity contribution in [2.24, 2.45) is 11.8 Å². The Balaban J connectivity index is 2.46. The van der Waals surface area contributed by atoms with Gasteiger partial charge in [-0.05, 0) is 31.6 Å². The maximum Gasteiger partial charge on any atom is 0.304 e. The van der Waals surface area contributed by atoms with Crippen molar-refractivity contribution in [3.63, 3.8) is 0 Å². The monoisotopic (exact) mass is 227 g/mol. The molecule has 0 aromatic rings. The third-order valence-corrected chi connectivity index (χ3v) is 3.66. The second-order valence-corrected chi connectivity index (χ2v) is 5.46. The van der Waals surface area contributed by atoms with Crippen LogP contribution in [-0.2, 0) is 4.79 Å². The van der Waals surface area contributed by atoms with Crippen molar-refractivity contribution in [2.45, 2.75) is 65.0 Å². The summed E-state index contributed by atoms with van der Waals surface area (Å²) in [5.41, 5.74) is 0. The zero-order valence-electron chi connectivity index (χ0n) is 10.7. The van der Waals surface area contributed by atoms with Gasteiger partial charge in [0, 0.05) is 12.1 Å². The first-order chi connectivity index (χ1) is 7.50. The van der Waals surface area contributed by atoms with Gasteiger partial charge in [-0.15, -0.1) is 0 Å². The quantitative estimate of drug-likeness (QED) is 0.759. The van der Waals surface area contributed by atoms with E-state index in [1.54, 1.807) is 0 Å². The van der Waals surface area contributed by atoms with E-state index >= 15 is 0 Å². The van der Waals surface area contributed by atoms with Gasteiger partial charge < -0.3 is 10.4 Å². The number of rotatable bonds is 5. The Morgan fingerprint density at radius 1 is 1.31 bits per heavy atom. The van der Waals surface area contributed by atoms with E-state index in [0.29, 0.717) is 17.9 Å². The van der Waals surface area contributed by atoms with Crippen molar-refractivity contribution >= 4 is 5.97 Å². The molecule has 1 fully saturated rings. The van der Waals surface area contributed by atoms with Gasteiger partial charge in [-0.3, -0.25) is 4.79 Å². The summed E-state index contributed by atoms with van der Waals surface area (Å²) in [7, 11) is 0. The molecule has 1 aliphatic rings. The predicted molar refractivity (Wildman–Crippen MR) is 65.4 cm³/mol. The van der Waals surface area contributed by atoms with Gasteiger partial charge in [-0.2, -0.15) is 0 Å². The van der Waals surface area contributed by atoms with E-state index < -0.39 is 5.97 Å². The first kappa shape index (κ1) is 13.5. The van der Waals surface area contributed by atoms with Gasteiger partial charge in [0.05, 0.1) is 6.42 Å². The highest BCUT2D eigenvalue weighted by molar-refractivity contribution is 5.67. The molecule has 94 valence electrons. The molecule has 0 bridgehead atoms. The van der Waals surface area contributed by atoms with Gasteiger partial charge in [0.25, 0.3) is 0 Å². The zero-order chi connectivity index (χ0) is 12.1. The van der Waals surface area contributed by atoms with Crippen LogP contribution in [0.15, 0.2) is 0 Å². The third kappa shape index (κ3) is 4.12. The molecule has 3 heteroatoms. The van der Waals surface area contributed by atoms with Crippen LogP contribution >= 0.6 is 0 Å². The average Bonchev–Trinajstić information content (AvgIpc) is 2.16. The minimum atomic E-state index is -0.711. The molecular formula is C13H25NO2. The number of aliphatic carboxylic acids is 1. The largest absolute Gasteiger partial charge is 0.481 e. The van der Waals surface area contributed by atoms with Crippen LogP contribution in [0.4, 0.5) is 0 Å². The van der Waals surface area contributed by atoms with Crippen molar-refractivity contribution in [1.82, 2.24) is 5.32 Å². The minimum absolute atomic E-state index is 0.0850. The molecule has 3 atom stereocenters. The number of nitrogens with one attached hydrogen (secondary N) is 1. The minimum Gasteiger partial charge on any atom is -0.481 e. The molecule has 0 aliphatic heterocycles. The fourth-order valence-corrected chi connectivity index (χ4v) is 2.85. The molecule has 3 unspecified atom stereocenters. The lowest BCUT2D eigenvalue weighted by Gasteiger charge is -2.36. The number of carboxylic acid groups (broad SMARTS) is 1. The lowest BCUT2D eigenvalue weighted by atomic mass is 9.77. The SMILES string of the molecule is CC(CC(=O)O)NC1CCCCC1C(C)C. The van der Waals surface area contributed by atoms with E-state index in [1.165, 1.54) is 25.7 Å². The molecule has 0 heterocycles. The summed E-state index contributed by atoms with van der Waals surface area (Å²) < 4.78 is 0. The highest BCUT2D eigenvalue weighted by Crippen LogP contribution is 2.30. The number of carboxylic acids is 1. The molecule has 2 N–H and O–H groups in total. The standard InChI is InChI=1S/C13H25NO2/c1-9(2)11-6-4-5-7-12(11)14-10(3)8-13(15)16/h9-12,14H,4-8H2,1-3H3,(H,15,16). The van der Waals surface area contributed by atoms with Gasteiger partial charge in [-0.25, -0.2) is 0 Å². The molecule has 0 radical (unpaired) electrons. The first-order valence-electron chi connectivity index (χ1n) is 6.48. The maximum atomic E-state index is 10.6. The van der Waals surface area contributed by atoms with Crippen molar-refractivity contribution in [2.75, 3.05) is 0 Å². The average molecular weight is 227 g/mol. The Hall–Kier alpha value is -0.570. The summed E-state index contributed by atoms with van der Waals surface area (Å²) >= 11 is 0. The summed E-state index contributed by atoms with van der Waals surface area (Å²) in [6.45, 7) is 6.51. The van der Waals surface area contributed by atoms with E-state index in [2.05, 4.69) is 19.2 Å². The van der Waals surface area contributed by atoms with Crippen LogP contribution in [0.25, 0.3) is 0 Å². The molecule has 0 amide bonds. The summed E-state index contributed by atoms with van der Waals surface area (Å²) in [5, 5.41) is 12.2. The van der Waals surface area contributed by atoms with E-state index in [9.17, 15) is 4.79 Å². The predicted octanol–water partition coefficient (Wildman–Crippen LogP) is 2.65. The van der Waals surface area contributed by atoms with Crippen LogP contribution in [0.3, 0.4) is 0 Å². The molecule has 0 saturated heterocycles. The van der Waals surface area contributed by atoms with Gasteiger partial charge in [0.2, 0.25) is 0 Å². The third-order valence-electron chi connectivity index (χ3n) is 3.66. The summed E-state index contributed by atoms with van der Waals surface area (Å²) in [6, 6.07) is 0.602. The van der Waals surface area contributed by atoms with Crippen LogP contribution in [-0.4, -0.2) is 23.2 Å². The van der Waals surface area contributed by atoms with E-state index in [-0.39, 0.29) is 12.5 Å². The van der Waals surface area contributed by atoms with E-state index in [0.717, 1.165) is 0 Å². The van der Waals surface area contributed by atoms with E-state index in [4.69, 9.17) is 5.11 Å². The van der Waals surface area contributed by atoms with E-state index in [1.807, 2.05) is 6.92 Å². The lowest BCUT2D eigenvalue weighted by Crippen LogP contribution is -2.45. The van der Waals surface area contributed by atoms with Crippen LogP contribution in [0.5, 0.6) is 0 Å². The molecular weight excluding hydrogens is 202 g/mol. The van der Waals surface area contributed by atoms with Crippen LogP contribution < -0.4 is 5.32 Å². The van der Waals surface area contributed by atoms with Gasteiger partial charge in [-0.1, -0.05) is 26.7 Å². The normalized spacial score (nSPS) is 28.0. The Labute approximate surface area is 98.6 Å². The van der Waals surface area contributed by atoms with Crippen molar-refractivity contribution in [3.8, 4) is 0 Å². The molecule has 1 aliphatic carbocycles. The summed E-state index contributed by atoms with van der Waals surface area (Å²) in [4.78, 5) is 10.6. The fourth-order valence-electron chi connectivity index (χ4n) is 2.85. The van der Waals surface area contributed by atoms with Gasteiger partial charge in [0.15, 0.2) is 0 Å². The number of hydrogen-bond acceptors (Lipinski definition) is 2. The van der Waals surface area contributed by atoms with Gasteiger partial charge >= 0.3 is 5.97 Å². The fraction of sp³-hybridized carbons (Fsp3) is 0.923. The smallest absolute Gasteiger partial charge is 0.304 e.